The molecule has 1 aromatic carbocycles. The number of furan rings is 1. The van der Waals surface area contributed by atoms with Crippen molar-refractivity contribution in [1.29, 1.82) is 0 Å². The SMILES string of the molecule is CCCCOC(=O)c1ccc(N(Cc2ccco2)C(=O)CNC)cc1OCCCC. The van der Waals surface area contributed by atoms with Crippen LogP contribution in [-0.4, -0.2) is 38.7 Å². The third-order valence-electron chi connectivity index (χ3n) is 4.51. The molecule has 1 aromatic heterocycles. The second-order valence-corrected chi connectivity index (χ2v) is 6.96. The van der Waals surface area contributed by atoms with E-state index in [-0.39, 0.29) is 19.0 Å². The first-order valence-electron chi connectivity index (χ1n) is 10.5. The maximum absolute atomic E-state index is 12.7. The van der Waals surface area contributed by atoms with Gasteiger partial charge in [0.15, 0.2) is 0 Å². The molecule has 0 atom stereocenters. The number of carbonyl (C=O) groups is 2. The molecule has 0 bridgehead atoms. The summed E-state index contributed by atoms with van der Waals surface area (Å²) in [5.41, 5.74) is 0.994. The van der Waals surface area contributed by atoms with E-state index >= 15 is 0 Å². The van der Waals surface area contributed by atoms with E-state index in [1.165, 1.54) is 0 Å². The highest BCUT2D eigenvalue weighted by Crippen LogP contribution is 2.28. The van der Waals surface area contributed by atoms with Gasteiger partial charge in [0.05, 0.1) is 32.6 Å². The second kappa shape index (κ2) is 12.7. The third-order valence-corrected chi connectivity index (χ3v) is 4.51. The lowest BCUT2D eigenvalue weighted by atomic mass is 10.1. The van der Waals surface area contributed by atoms with E-state index in [4.69, 9.17) is 13.9 Å². The topological polar surface area (TPSA) is 81.0 Å². The Bertz CT molecular complexity index is 789. The van der Waals surface area contributed by atoms with Crippen LogP contribution in [0, 0.1) is 0 Å². The van der Waals surface area contributed by atoms with Gasteiger partial charge in [-0.3, -0.25) is 4.79 Å². The van der Waals surface area contributed by atoms with E-state index in [1.54, 1.807) is 42.5 Å². The lowest BCUT2D eigenvalue weighted by Crippen LogP contribution is -2.36. The van der Waals surface area contributed by atoms with Crippen LogP contribution in [0.25, 0.3) is 0 Å². The zero-order valence-corrected chi connectivity index (χ0v) is 18.1. The molecule has 2 aromatic rings. The average Bonchev–Trinajstić information content (AvgIpc) is 3.26. The van der Waals surface area contributed by atoms with E-state index < -0.39 is 5.97 Å². The molecule has 1 amide bonds. The second-order valence-electron chi connectivity index (χ2n) is 6.96. The Labute approximate surface area is 178 Å². The number of ether oxygens (including phenoxy) is 2. The number of anilines is 1. The minimum absolute atomic E-state index is 0.119. The van der Waals surface area contributed by atoms with Crippen molar-refractivity contribution in [2.75, 3.05) is 31.7 Å². The molecule has 1 N–H and O–H groups in total. The molecule has 0 saturated carbocycles. The number of nitrogens with one attached hydrogen (secondary N) is 1. The predicted molar refractivity (Wildman–Crippen MR) is 116 cm³/mol. The highest BCUT2D eigenvalue weighted by molar-refractivity contribution is 5.97. The number of benzene rings is 1. The van der Waals surface area contributed by atoms with E-state index in [9.17, 15) is 9.59 Å². The van der Waals surface area contributed by atoms with Gasteiger partial charge in [-0.05, 0) is 44.2 Å². The van der Waals surface area contributed by atoms with Gasteiger partial charge in [0.2, 0.25) is 5.91 Å². The van der Waals surface area contributed by atoms with Crippen molar-refractivity contribution < 1.29 is 23.5 Å². The molecule has 164 valence electrons. The summed E-state index contributed by atoms with van der Waals surface area (Å²) in [6, 6.07) is 8.72. The number of unbranched alkanes of at least 4 members (excludes halogenated alkanes) is 2. The first-order chi connectivity index (χ1) is 14.6. The van der Waals surface area contributed by atoms with Crippen LogP contribution in [0.4, 0.5) is 5.69 Å². The first kappa shape index (κ1) is 23.5. The van der Waals surface area contributed by atoms with Crippen molar-refractivity contribution in [2.45, 2.75) is 46.1 Å². The van der Waals surface area contributed by atoms with Gasteiger partial charge in [-0.1, -0.05) is 26.7 Å². The molecule has 2 rings (SSSR count). The molecule has 0 spiro atoms. The van der Waals surface area contributed by atoms with E-state index in [1.807, 2.05) is 13.0 Å². The monoisotopic (exact) mass is 416 g/mol. The fraction of sp³-hybridized carbons (Fsp3) is 0.478. The molecule has 0 saturated heterocycles. The standard InChI is InChI=1S/C23H32N2O5/c1-4-6-12-29-21-15-18(10-11-20(21)23(27)30-13-7-5-2)25(22(26)16-24-3)17-19-9-8-14-28-19/h8-11,14-15,24H,4-7,12-13,16-17H2,1-3H3. The highest BCUT2D eigenvalue weighted by atomic mass is 16.5. The van der Waals surface area contributed by atoms with Crippen molar-refractivity contribution in [3.05, 3.63) is 47.9 Å². The van der Waals surface area contributed by atoms with Crippen molar-refractivity contribution in [3.63, 3.8) is 0 Å². The zero-order chi connectivity index (χ0) is 21.8. The molecular weight excluding hydrogens is 384 g/mol. The van der Waals surface area contributed by atoms with Gasteiger partial charge in [0, 0.05) is 11.8 Å². The molecule has 0 aliphatic carbocycles. The summed E-state index contributed by atoms with van der Waals surface area (Å²) >= 11 is 0. The van der Waals surface area contributed by atoms with Gasteiger partial charge >= 0.3 is 5.97 Å². The number of likely N-dealkylation sites (N-methyl/N-ethyl adjacent to an activating group) is 1. The summed E-state index contributed by atoms with van der Waals surface area (Å²) in [4.78, 5) is 26.9. The number of amides is 1. The van der Waals surface area contributed by atoms with Crippen LogP contribution < -0.4 is 15.0 Å². The molecule has 0 unspecified atom stereocenters. The summed E-state index contributed by atoms with van der Waals surface area (Å²) in [5, 5.41) is 2.88. The Kier molecular flexibility index (Phi) is 9.94. The van der Waals surface area contributed by atoms with Crippen LogP contribution in [-0.2, 0) is 16.1 Å². The lowest BCUT2D eigenvalue weighted by molar-refractivity contribution is -0.117. The average molecular weight is 417 g/mol. The van der Waals surface area contributed by atoms with E-state index in [0.29, 0.717) is 36.0 Å². The summed E-state index contributed by atoms with van der Waals surface area (Å²) in [6.45, 7) is 5.42. The maximum atomic E-state index is 12.7. The molecule has 30 heavy (non-hydrogen) atoms. The first-order valence-corrected chi connectivity index (χ1v) is 10.5. The maximum Gasteiger partial charge on any atom is 0.341 e. The van der Waals surface area contributed by atoms with Gasteiger partial charge in [-0.2, -0.15) is 0 Å². The van der Waals surface area contributed by atoms with Crippen LogP contribution >= 0.6 is 0 Å². The molecule has 0 aliphatic heterocycles. The highest BCUT2D eigenvalue weighted by Gasteiger charge is 2.21. The Balaban J connectivity index is 2.32. The Morgan fingerprint density at radius 3 is 2.53 bits per heavy atom. The quantitative estimate of drug-likeness (QED) is 0.390. The molecule has 7 nitrogen and oxygen atoms in total. The number of rotatable bonds is 13. The Hall–Kier alpha value is -2.80. The number of carbonyl (C=O) groups excluding carboxylic acids is 2. The van der Waals surface area contributed by atoms with Gasteiger partial charge in [0.25, 0.3) is 0 Å². The van der Waals surface area contributed by atoms with Gasteiger partial charge in [0.1, 0.15) is 17.1 Å². The summed E-state index contributed by atoms with van der Waals surface area (Å²) < 4.78 is 16.7. The summed E-state index contributed by atoms with van der Waals surface area (Å²) in [5.74, 6) is 0.549. The fourth-order valence-electron chi connectivity index (χ4n) is 2.81. The molecular formula is C23H32N2O5. The van der Waals surface area contributed by atoms with Crippen molar-refractivity contribution in [3.8, 4) is 5.75 Å². The minimum Gasteiger partial charge on any atom is -0.493 e. The smallest absolute Gasteiger partial charge is 0.341 e. The number of hydrogen-bond donors (Lipinski definition) is 1. The van der Waals surface area contributed by atoms with Crippen molar-refractivity contribution in [2.24, 2.45) is 0 Å². The van der Waals surface area contributed by atoms with Crippen LogP contribution in [0.1, 0.15) is 55.6 Å². The van der Waals surface area contributed by atoms with Crippen LogP contribution in [0.5, 0.6) is 5.75 Å². The Morgan fingerprint density at radius 1 is 1.10 bits per heavy atom. The van der Waals surface area contributed by atoms with Crippen LogP contribution in [0.2, 0.25) is 0 Å². The van der Waals surface area contributed by atoms with Crippen LogP contribution in [0.3, 0.4) is 0 Å². The van der Waals surface area contributed by atoms with Crippen molar-refractivity contribution >= 4 is 17.6 Å². The summed E-state index contributed by atoms with van der Waals surface area (Å²) in [7, 11) is 1.72. The van der Waals surface area contributed by atoms with Gasteiger partial charge in [-0.15, -0.1) is 0 Å². The van der Waals surface area contributed by atoms with Crippen molar-refractivity contribution in [1.82, 2.24) is 5.32 Å². The normalized spacial score (nSPS) is 10.6. The number of hydrogen-bond acceptors (Lipinski definition) is 6. The number of nitrogens with zero attached hydrogens (tertiary/aromatic N) is 1. The molecule has 0 fully saturated rings. The third kappa shape index (κ3) is 6.91. The van der Waals surface area contributed by atoms with Crippen LogP contribution in [0.15, 0.2) is 41.0 Å². The predicted octanol–water partition coefficient (Wildman–Crippen LogP) is 4.17. The molecule has 1 heterocycles. The minimum atomic E-state index is -0.416. The molecule has 0 aliphatic rings. The fourth-order valence-corrected chi connectivity index (χ4v) is 2.81. The van der Waals surface area contributed by atoms with E-state index in [2.05, 4.69) is 12.2 Å². The number of esters is 1. The molecule has 0 radical (unpaired) electrons. The largest absolute Gasteiger partial charge is 0.493 e. The van der Waals surface area contributed by atoms with E-state index in [0.717, 1.165) is 25.7 Å². The molecule has 7 heteroatoms. The Morgan fingerprint density at radius 2 is 1.87 bits per heavy atom. The summed E-state index contributed by atoms with van der Waals surface area (Å²) in [6.07, 6.45) is 5.17. The van der Waals surface area contributed by atoms with Gasteiger partial charge in [-0.25, -0.2) is 4.79 Å². The van der Waals surface area contributed by atoms with Gasteiger partial charge < -0.3 is 24.1 Å². The zero-order valence-electron chi connectivity index (χ0n) is 18.1. The lowest BCUT2D eigenvalue weighted by Gasteiger charge is -2.23.